The zero-order valence-corrected chi connectivity index (χ0v) is 10.3. The molecule has 0 heterocycles. The van der Waals surface area contributed by atoms with E-state index >= 15 is 0 Å². The zero-order valence-electron chi connectivity index (χ0n) is 10.3. The second-order valence-electron chi connectivity index (χ2n) is 3.89. The Bertz CT molecular complexity index is 614. The van der Waals surface area contributed by atoms with Gasteiger partial charge >= 0.3 is 0 Å². The number of carbonyl (C=O) groups excluding carboxylic acids is 1. The lowest BCUT2D eigenvalue weighted by Gasteiger charge is -2.10. The Balaban J connectivity index is 2.25. The molecule has 0 spiro atoms. The number of hydrogen-bond acceptors (Lipinski definition) is 3. The van der Waals surface area contributed by atoms with Crippen molar-refractivity contribution in [2.75, 3.05) is 18.2 Å². The highest BCUT2D eigenvalue weighted by Crippen LogP contribution is 2.25. The molecule has 19 heavy (non-hydrogen) atoms. The first-order valence-electron chi connectivity index (χ1n) is 5.61. The van der Waals surface area contributed by atoms with Crippen molar-refractivity contribution in [1.29, 1.82) is 0 Å². The molecule has 0 aliphatic rings. The predicted octanol–water partition coefficient (Wildman–Crippen LogP) is 2.67. The van der Waals surface area contributed by atoms with E-state index in [0.29, 0.717) is 11.4 Å². The number of carbonyl (C=O) groups is 1. The Kier molecular flexibility index (Phi) is 3.66. The summed E-state index contributed by atoms with van der Waals surface area (Å²) in [5.41, 5.74) is 6.72. The van der Waals surface area contributed by atoms with Crippen LogP contribution in [0.1, 0.15) is 10.4 Å². The molecule has 0 radical (unpaired) electrons. The van der Waals surface area contributed by atoms with Gasteiger partial charge in [-0.1, -0.05) is 12.1 Å². The highest BCUT2D eigenvalue weighted by atomic mass is 19.1. The van der Waals surface area contributed by atoms with Crippen molar-refractivity contribution in [1.82, 2.24) is 0 Å². The number of halogens is 1. The molecule has 2 aromatic carbocycles. The lowest BCUT2D eigenvalue weighted by Crippen LogP contribution is -2.14. The Hall–Kier alpha value is -2.56. The van der Waals surface area contributed by atoms with Gasteiger partial charge in [0.15, 0.2) is 0 Å². The molecule has 1 amide bonds. The Morgan fingerprint density at radius 3 is 2.68 bits per heavy atom. The SMILES string of the molecule is COc1cccc(C(=O)Nc2cccc(F)c2)c1N. The van der Waals surface area contributed by atoms with Gasteiger partial charge in [0, 0.05) is 5.69 Å². The Morgan fingerprint density at radius 1 is 1.26 bits per heavy atom. The number of nitrogen functional groups attached to an aromatic ring is 1. The minimum Gasteiger partial charge on any atom is -0.495 e. The van der Waals surface area contributed by atoms with Crippen molar-refractivity contribution >= 4 is 17.3 Å². The summed E-state index contributed by atoms with van der Waals surface area (Å²) in [6.45, 7) is 0. The van der Waals surface area contributed by atoms with Gasteiger partial charge in [-0.05, 0) is 30.3 Å². The summed E-state index contributed by atoms with van der Waals surface area (Å²) in [7, 11) is 1.47. The van der Waals surface area contributed by atoms with Crippen molar-refractivity contribution < 1.29 is 13.9 Å². The fourth-order valence-electron chi connectivity index (χ4n) is 1.68. The number of ether oxygens (including phenoxy) is 1. The van der Waals surface area contributed by atoms with Crippen molar-refractivity contribution in [3.05, 3.63) is 53.8 Å². The van der Waals surface area contributed by atoms with E-state index in [1.54, 1.807) is 24.3 Å². The first-order chi connectivity index (χ1) is 9.11. The lowest BCUT2D eigenvalue weighted by molar-refractivity contribution is 0.102. The highest BCUT2D eigenvalue weighted by Gasteiger charge is 2.13. The molecule has 98 valence electrons. The number of hydrogen-bond donors (Lipinski definition) is 2. The van der Waals surface area contributed by atoms with Gasteiger partial charge in [0.05, 0.1) is 18.4 Å². The number of rotatable bonds is 3. The average molecular weight is 260 g/mol. The van der Waals surface area contributed by atoms with Gasteiger partial charge in [-0.25, -0.2) is 4.39 Å². The smallest absolute Gasteiger partial charge is 0.257 e. The van der Waals surface area contributed by atoms with E-state index in [1.165, 1.54) is 25.3 Å². The van der Waals surface area contributed by atoms with Gasteiger partial charge in [-0.2, -0.15) is 0 Å². The maximum absolute atomic E-state index is 13.0. The molecule has 4 nitrogen and oxygen atoms in total. The fraction of sp³-hybridized carbons (Fsp3) is 0.0714. The minimum absolute atomic E-state index is 0.249. The van der Waals surface area contributed by atoms with E-state index in [4.69, 9.17) is 10.5 Å². The van der Waals surface area contributed by atoms with Crippen LogP contribution in [0.25, 0.3) is 0 Å². The second-order valence-corrected chi connectivity index (χ2v) is 3.89. The van der Waals surface area contributed by atoms with Gasteiger partial charge in [0.2, 0.25) is 0 Å². The molecule has 0 aliphatic carbocycles. The second kappa shape index (κ2) is 5.39. The van der Waals surface area contributed by atoms with Gasteiger partial charge in [0.1, 0.15) is 11.6 Å². The van der Waals surface area contributed by atoms with Gasteiger partial charge in [-0.15, -0.1) is 0 Å². The third-order valence-electron chi connectivity index (χ3n) is 2.61. The van der Waals surface area contributed by atoms with Crippen LogP contribution < -0.4 is 15.8 Å². The van der Waals surface area contributed by atoms with Crippen LogP contribution in [0.5, 0.6) is 5.75 Å². The average Bonchev–Trinajstić information content (AvgIpc) is 2.39. The summed E-state index contributed by atoms with van der Waals surface area (Å²) < 4.78 is 18.1. The van der Waals surface area contributed by atoms with Crippen LogP contribution in [0, 0.1) is 5.82 Å². The van der Waals surface area contributed by atoms with E-state index in [9.17, 15) is 9.18 Å². The van der Waals surface area contributed by atoms with Crippen LogP contribution in [0.15, 0.2) is 42.5 Å². The first kappa shape index (κ1) is 12.9. The molecule has 0 atom stereocenters. The van der Waals surface area contributed by atoms with E-state index < -0.39 is 11.7 Å². The number of methoxy groups -OCH3 is 1. The molecule has 0 aliphatic heterocycles. The van der Waals surface area contributed by atoms with Gasteiger partial charge < -0.3 is 15.8 Å². The molecule has 0 unspecified atom stereocenters. The standard InChI is InChI=1S/C14H13FN2O2/c1-19-12-7-3-6-11(13(12)16)14(18)17-10-5-2-4-9(15)8-10/h2-8H,16H2,1H3,(H,17,18). The molecule has 3 N–H and O–H groups in total. The third-order valence-corrected chi connectivity index (χ3v) is 2.61. The van der Waals surface area contributed by atoms with Gasteiger partial charge in [0.25, 0.3) is 5.91 Å². The predicted molar refractivity (Wildman–Crippen MR) is 71.8 cm³/mol. The molecule has 0 saturated heterocycles. The Labute approximate surface area is 110 Å². The zero-order chi connectivity index (χ0) is 13.8. The summed E-state index contributed by atoms with van der Waals surface area (Å²) in [6.07, 6.45) is 0. The van der Waals surface area contributed by atoms with Crippen LogP contribution in [-0.2, 0) is 0 Å². The number of amides is 1. The van der Waals surface area contributed by atoms with Crippen LogP contribution in [-0.4, -0.2) is 13.0 Å². The summed E-state index contributed by atoms with van der Waals surface area (Å²) in [6, 6.07) is 10.5. The number of para-hydroxylation sites is 1. The number of anilines is 2. The summed E-state index contributed by atoms with van der Waals surface area (Å²) in [5.74, 6) is -0.412. The number of nitrogens with two attached hydrogens (primary N) is 1. The molecule has 2 rings (SSSR count). The Morgan fingerprint density at radius 2 is 2.00 bits per heavy atom. The first-order valence-corrected chi connectivity index (χ1v) is 5.61. The summed E-state index contributed by atoms with van der Waals surface area (Å²) >= 11 is 0. The monoisotopic (exact) mass is 260 g/mol. The molecule has 0 fully saturated rings. The van der Waals surface area contributed by atoms with Crippen molar-refractivity contribution in [2.24, 2.45) is 0 Å². The number of benzene rings is 2. The molecule has 0 saturated carbocycles. The van der Waals surface area contributed by atoms with Crippen LogP contribution in [0.3, 0.4) is 0 Å². The normalized spacial score (nSPS) is 10.0. The van der Waals surface area contributed by atoms with Crippen molar-refractivity contribution in [3.8, 4) is 5.75 Å². The minimum atomic E-state index is -0.420. The largest absolute Gasteiger partial charge is 0.495 e. The lowest BCUT2D eigenvalue weighted by atomic mass is 10.1. The van der Waals surface area contributed by atoms with Crippen LogP contribution in [0.2, 0.25) is 0 Å². The third kappa shape index (κ3) is 2.82. The van der Waals surface area contributed by atoms with E-state index in [1.807, 2.05) is 0 Å². The molecule has 0 bridgehead atoms. The topological polar surface area (TPSA) is 64.3 Å². The fourth-order valence-corrected chi connectivity index (χ4v) is 1.68. The molecule has 2 aromatic rings. The molecule has 0 aromatic heterocycles. The number of nitrogens with one attached hydrogen (secondary N) is 1. The molecular weight excluding hydrogens is 247 g/mol. The van der Waals surface area contributed by atoms with E-state index in [0.717, 1.165) is 0 Å². The summed E-state index contributed by atoms with van der Waals surface area (Å²) in [5, 5.41) is 2.58. The molecule has 5 heteroatoms. The quantitative estimate of drug-likeness (QED) is 0.834. The van der Waals surface area contributed by atoms with Crippen molar-refractivity contribution in [3.63, 3.8) is 0 Å². The highest BCUT2D eigenvalue weighted by molar-refractivity contribution is 6.08. The van der Waals surface area contributed by atoms with E-state index in [-0.39, 0.29) is 11.3 Å². The summed E-state index contributed by atoms with van der Waals surface area (Å²) in [4.78, 5) is 12.0. The molecular formula is C14H13FN2O2. The van der Waals surface area contributed by atoms with Crippen molar-refractivity contribution in [2.45, 2.75) is 0 Å². The maximum Gasteiger partial charge on any atom is 0.257 e. The van der Waals surface area contributed by atoms with Crippen LogP contribution in [0.4, 0.5) is 15.8 Å². The van der Waals surface area contributed by atoms with Crippen LogP contribution >= 0.6 is 0 Å². The maximum atomic E-state index is 13.0. The van der Waals surface area contributed by atoms with Gasteiger partial charge in [-0.3, -0.25) is 4.79 Å². The van der Waals surface area contributed by atoms with E-state index in [2.05, 4.69) is 5.32 Å².